The molecule has 0 heterocycles. The molecule has 40 heavy (non-hydrogen) atoms. The van der Waals surface area contributed by atoms with Crippen LogP contribution in [0.15, 0.2) is 48.5 Å². The van der Waals surface area contributed by atoms with E-state index in [1.54, 1.807) is 43.3 Å². The number of amides is 1. The number of ether oxygens (including phenoxy) is 4. The van der Waals surface area contributed by atoms with Crippen LogP contribution >= 0.6 is 0 Å². The molecule has 0 fully saturated rings. The Labute approximate surface area is 228 Å². The molecule has 0 aliphatic carbocycles. The highest BCUT2D eigenvalue weighted by atomic mass is 19.4. The summed E-state index contributed by atoms with van der Waals surface area (Å²) in [6.45, 7) is 1.73. The number of hydrogen-bond acceptors (Lipinski definition) is 6. The summed E-state index contributed by atoms with van der Waals surface area (Å²) in [7, 11) is 1.46. The summed E-state index contributed by atoms with van der Waals surface area (Å²) in [4.78, 5) is 25.2. The number of halogens is 5. The van der Waals surface area contributed by atoms with E-state index < -0.39 is 43.1 Å². The van der Waals surface area contributed by atoms with Crippen molar-refractivity contribution < 1.29 is 55.6 Å². The maximum absolute atomic E-state index is 13.2. The van der Waals surface area contributed by atoms with E-state index in [0.717, 1.165) is 4.90 Å². The number of alkyl halides is 5. The van der Waals surface area contributed by atoms with Gasteiger partial charge in [0.15, 0.2) is 6.10 Å². The minimum atomic E-state index is -5.64. The molecule has 2 rings (SSSR count). The lowest BCUT2D eigenvalue weighted by Gasteiger charge is -2.23. The summed E-state index contributed by atoms with van der Waals surface area (Å²) < 4.78 is 85.0. The Morgan fingerprint density at radius 1 is 0.900 bits per heavy atom. The molecule has 0 spiro atoms. The Morgan fingerprint density at radius 3 is 2.05 bits per heavy atom. The van der Waals surface area contributed by atoms with Crippen molar-refractivity contribution in [3.05, 3.63) is 54.1 Å². The normalized spacial score (nSPS) is 12.5. The van der Waals surface area contributed by atoms with Crippen molar-refractivity contribution in [2.24, 2.45) is 0 Å². The lowest BCUT2D eigenvalue weighted by molar-refractivity contribution is -0.284. The van der Waals surface area contributed by atoms with Gasteiger partial charge in [-0.1, -0.05) is 12.1 Å². The standard InChI is InChI=1S/C27H32F5NO7/c1-3-38-23(24(34)35)18-19-6-8-21(9-7-19)39-17-16-33(15-5-4-14-26(28,29)27(30,31)32)25(36)40-22-12-10-20(37-2)11-13-22/h6-13,23H,3-5,14-18H2,1-2H3,(H,34,35). The number of aliphatic carboxylic acids is 1. The lowest BCUT2D eigenvalue weighted by atomic mass is 10.1. The molecule has 0 radical (unpaired) electrons. The van der Waals surface area contributed by atoms with E-state index in [4.69, 9.17) is 18.9 Å². The fourth-order valence-electron chi connectivity index (χ4n) is 3.52. The van der Waals surface area contributed by atoms with Crippen molar-refractivity contribution in [2.45, 2.75) is 50.8 Å². The molecular formula is C27H32F5NO7. The zero-order valence-corrected chi connectivity index (χ0v) is 22.1. The summed E-state index contributed by atoms with van der Waals surface area (Å²) >= 11 is 0. The highest BCUT2D eigenvalue weighted by molar-refractivity contribution is 5.72. The van der Waals surface area contributed by atoms with Crippen LogP contribution < -0.4 is 14.2 Å². The number of hydrogen-bond donors (Lipinski definition) is 1. The summed E-state index contributed by atoms with van der Waals surface area (Å²) in [5.74, 6) is -4.77. The van der Waals surface area contributed by atoms with Gasteiger partial charge in [-0.05, 0) is 61.7 Å². The first kappa shape index (κ1) is 32.6. The van der Waals surface area contributed by atoms with Crippen LogP contribution in [0.2, 0.25) is 0 Å². The van der Waals surface area contributed by atoms with Gasteiger partial charge < -0.3 is 29.0 Å². The number of carbonyl (C=O) groups is 2. The fourth-order valence-corrected chi connectivity index (χ4v) is 3.52. The van der Waals surface area contributed by atoms with Crippen LogP contribution in [0.1, 0.15) is 31.7 Å². The average molecular weight is 578 g/mol. The van der Waals surface area contributed by atoms with Crippen LogP contribution in [0.5, 0.6) is 17.2 Å². The highest BCUT2D eigenvalue weighted by Crippen LogP contribution is 2.39. The third-order valence-electron chi connectivity index (χ3n) is 5.72. The Hall–Kier alpha value is -3.61. The quantitative estimate of drug-likeness (QED) is 0.194. The molecular weight excluding hydrogens is 545 g/mol. The van der Waals surface area contributed by atoms with Crippen molar-refractivity contribution >= 4 is 12.1 Å². The second kappa shape index (κ2) is 15.2. The molecule has 1 atom stereocenters. The number of methoxy groups -OCH3 is 1. The van der Waals surface area contributed by atoms with Crippen LogP contribution in [0.25, 0.3) is 0 Å². The molecule has 1 amide bonds. The Morgan fingerprint density at radius 2 is 1.50 bits per heavy atom. The number of carboxylic acids is 1. The monoisotopic (exact) mass is 577 g/mol. The SMILES string of the molecule is CCOC(Cc1ccc(OCCN(CCCCC(F)(F)C(F)(F)F)C(=O)Oc2ccc(OC)cc2)cc1)C(=O)O. The van der Waals surface area contributed by atoms with Crippen molar-refractivity contribution in [2.75, 3.05) is 33.4 Å². The summed E-state index contributed by atoms with van der Waals surface area (Å²) in [6.07, 6.45) is -9.29. The zero-order chi connectivity index (χ0) is 29.8. The minimum Gasteiger partial charge on any atom is -0.497 e. The largest absolute Gasteiger partial charge is 0.497 e. The van der Waals surface area contributed by atoms with Gasteiger partial charge in [-0.2, -0.15) is 22.0 Å². The fraction of sp³-hybridized carbons (Fsp3) is 0.481. The molecule has 0 aliphatic heterocycles. The van der Waals surface area contributed by atoms with Gasteiger partial charge in [0.05, 0.1) is 13.7 Å². The second-order valence-electron chi connectivity index (χ2n) is 8.67. The summed E-state index contributed by atoms with van der Waals surface area (Å²) in [5.41, 5.74) is 0.702. The number of benzene rings is 2. The molecule has 222 valence electrons. The smallest absolute Gasteiger partial charge is 0.453 e. The van der Waals surface area contributed by atoms with Crippen molar-refractivity contribution in [1.82, 2.24) is 4.90 Å². The molecule has 0 saturated heterocycles. The first-order valence-corrected chi connectivity index (χ1v) is 12.5. The van der Waals surface area contributed by atoms with E-state index in [-0.39, 0.29) is 44.9 Å². The molecule has 0 aliphatic rings. The molecule has 2 aromatic rings. The summed E-state index contributed by atoms with van der Waals surface area (Å²) in [6, 6.07) is 12.6. The van der Waals surface area contributed by atoms with Gasteiger partial charge in [-0.3, -0.25) is 0 Å². The zero-order valence-electron chi connectivity index (χ0n) is 22.1. The van der Waals surface area contributed by atoms with E-state index in [1.807, 2.05) is 0 Å². The van der Waals surface area contributed by atoms with Crippen LogP contribution in [0.4, 0.5) is 26.7 Å². The first-order chi connectivity index (χ1) is 18.9. The van der Waals surface area contributed by atoms with Gasteiger partial charge in [0.25, 0.3) is 0 Å². The van der Waals surface area contributed by atoms with Gasteiger partial charge in [0.2, 0.25) is 0 Å². The van der Waals surface area contributed by atoms with Crippen molar-refractivity contribution in [3.8, 4) is 17.2 Å². The Balaban J connectivity index is 1.97. The van der Waals surface area contributed by atoms with Crippen LogP contribution in [-0.4, -0.2) is 73.7 Å². The third-order valence-corrected chi connectivity index (χ3v) is 5.72. The number of rotatable bonds is 16. The molecule has 1 unspecified atom stereocenters. The van der Waals surface area contributed by atoms with E-state index in [1.165, 1.54) is 19.2 Å². The average Bonchev–Trinajstić information content (AvgIpc) is 2.90. The summed E-state index contributed by atoms with van der Waals surface area (Å²) in [5, 5.41) is 9.22. The van der Waals surface area contributed by atoms with Gasteiger partial charge in [0.1, 0.15) is 23.9 Å². The number of carboxylic acid groups (broad SMARTS) is 1. The van der Waals surface area contributed by atoms with Crippen LogP contribution in [0, 0.1) is 0 Å². The van der Waals surface area contributed by atoms with E-state index in [2.05, 4.69) is 0 Å². The van der Waals surface area contributed by atoms with Gasteiger partial charge >= 0.3 is 24.2 Å². The van der Waals surface area contributed by atoms with Gasteiger partial charge in [-0.15, -0.1) is 0 Å². The van der Waals surface area contributed by atoms with Crippen molar-refractivity contribution in [3.63, 3.8) is 0 Å². The number of nitrogens with zero attached hydrogens (tertiary/aromatic N) is 1. The first-order valence-electron chi connectivity index (χ1n) is 12.5. The Bertz CT molecular complexity index is 1060. The van der Waals surface area contributed by atoms with Crippen LogP contribution in [0.3, 0.4) is 0 Å². The third kappa shape index (κ3) is 10.5. The number of unbranched alkanes of at least 4 members (excludes halogenated alkanes) is 1. The van der Waals surface area contributed by atoms with Gasteiger partial charge in [-0.25, -0.2) is 9.59 Å². The molecule has 13 heteroatoms. The molecule has 0 bridgehead atoms. The topological polar surface area (TPSA) is 94.5 Å². The lowest BCUT2D eigenvalue weighted by Crippen LogP contribution is -2.38. The molecule has 1 N–H and O–H groups in total. The predicted octanol–water partition coefficient (Wildman–Crippen LogP) is 5.98. The maximum atomic E-state index is 13.2. The minimum absolute atomic E-state index is 0.0353. The molecule has 0 saturated carbocycles. The van der Waals surface area contributed by atoms with E-state index in [0.29, 0.717) is 17.1 Å². The number of carbonyl (C=O) groups excluding carboxylic acids is 1. The van der Waals surface area contributed by atoms with E-state index in [9.17, 15) is 36.6 Å². The molecule has 2 aromatic carbocycles. The molecule has 8 nitrogen and oxygen atoms in total. The second-order valence-corrected chi connectivity index (χ2v) is 8.67. The predicted molar refractivity (Wildman–Crippen MR) is 134 cm³/mol. The Kier molecular flexibility index (Phi) is 12.4. The van der Waals surface area contributed by atoms with Crippen molar-refractivity contribution in [1.29, 1.82) is 0 Å². The van der Waals surface area contributed by atoms with Gasteiger partial charge in [0, 0.05) is 26.0 Å². The maximum Gasteiger partial charge on any atom is 0.453 e. The highest BCUT2D eigenvalue weighted by Gasteiger charge is 2.56. The van der Waals surface area contributed by atoms with Crippen LogP contribution in [-0.2, 0) is 16.0 Å². The molecule has 0 aromatic heterocycles. The van der Waals surface area contributed by atoms with E-state index >= 15 is 0 Å².